The first-order valence-corrected chi connectivity index (χ1v) is 9.11. The lowest BCUT2D eigenvalue weighted by Gasteiger charge is -2.30. The Kier molecular flexibility index (Phi) is 4.93. The molecule has 0 fully saturated rings. The molecule has 0 aliphatic carbocycles. The van der Waals surface area contributed by atoms with E-state index in [1.807, 2.05) is 0 Å². The average molecular weight is 348 g/mol. The van der Waals surface area contributed by atoms with Crippen molar-refractivity contribution in [2.75, 3.05) is 18.4 Å². The van der Waals surface area contributed by atoms with Crippen LogP contribution in [0, 0.1) is 0 Å². The Balaban J connectivity index is 1.36. The number of hydrogen-bond acceptors (Lipinski definition) is 5. The molecule has 0 bridgehead atoms. The van der Waals surface area contributed by atoms with E-state index in [1.54, 1.807) is 18.6 Å². The summed E-state index contributed by atoms with van der Waals surface area (Å²) in [6, 6.07) is 12.9. The molecule has 26 heavy (non-hydrogen) atoms. The molecule has 134 valence electrons. The van der Waals surface area contributed by atoms with Crippen LogP contribution < -0.4 is 5.32 Å². The molecule has 1 N–H and O–H groups in total. The number of fused-ring (bicyclic) bond motifs is 1. The molecule has 1 aliphatic rings. The minimum Gasteiger partial charge on any atom is -0.363 e. The van der Waals surface area contributed by atoms with Crippen LogP contribution in [-0.4, -0.2) is 37.7 Å². The number of anilines is 1. The Morgan fingerprint density at radius 2 is 2.04 bits per heavy atom. The second-order valence-corrected chi connectivity index (χ2v) is 6.84. The van der Waals surface area contributed by atoms with Crippen molar-refractivity contribution in [1.29, 1.82) is 0 Å². The van der Waals surface area contributed by atoms with E-state index in [-0.39, 0.29) is 0 Å². The zero-order valence-corrected chi connectivity index (χ0v) is 15.0. The van der Waals surface area contributed by atoms with Gasteiger partial charge in [-0.3, -0.25) is 14.6 Å². The van der Waals surface area contributed by atoms with Gasteiger partial charge in [-0.2, -0.15) is 5.10 Å². The molecule has 0 saturated heterocycles. The fourth-order valence-corrected chi connectivity index (χ4v) is 3.47. The molecular formula is C20H24N6. The quantitative estimate of drug-likeness (QED) is 0.742. The molecular weight excluding hydrogens is 324 g/mol. The second kappa shape index (κ2) is 7.66. The van der Waals surface area contributed by atoms with Gasteiger partial charge in [-0.25, -0.2) is 4.98 Å². The van der Waals surface area contributed by atoms with Gasteiger partial charge in [0.25, 0.3) is 0 Å². The summed E-state index contributed by atoms with van der Waals surface area (Å²) in [5, 5.41) is 7.99. The highest BCUT2D eigenvalue weighted by Crippen LogP contribution is 2.20. The summed E-state index contributed by atoms with van der Waals surface area (Å²) in [4.78, 5) is 10.8. The van der Waals surface area contributed by atoms with Gasteiger partial charge in [-0.1, -0.05) is 37.3 Å². The van der Waals surface area contributed by atoms with Gasteiger partial charge in [0, 0.05) is 32.0 Å². The van der Waals surface area contributed by atoms with Crippen molar-refractivity contribution < 1.29 is 0 Å². The van der Waals surface area contributed by atoms with Crippen molar-refractivity contribution in [1.82, 2.24) is 24.6 Å². The smallest absolute Gasteiger partial charge is 0.144 e. The number of nitrogens with one attached hydrogen (secondary N) is 1. The lowest BCUT2D eigenvalue weighted by atomic mass is 10.0. The maximum Gasteiger partial charge on any atom is 0.144 e. The van der Waals surface area contributed by atoms with E-state index in [0.717, 1.165) is 37.7 Å². The third-order valence-electron chi connectivity index (χ3n) is 4.84. The zero-order valence-electron chi connectivity index (χ0n) is 15.0. The first-order valence-electron chi connectivity index (χ1n) is 9.11. The number of nitrogens with zero attached hydrogens (tertiary/aromatic N) is 5. The van der Waals surface area contributed by atoms with Gasteiger partial charge in [0.05, 0.1) is 30.7 Å². The molecule has 0 amide bonds. The molecule has 0 spiro atoms. The molecule has 0 saturated carbocycles. The fourth-order valence-electron chi connectivity index (χ4n) is 3.47. The first-order chi connectivity index (χ1) is 12.8. The van der Waals surface area contributed by atoms with E-state index < -0.39 is 0 Å². The largest absolute Gasteiger partial charge is 0.363 e. The Bertz CT molecular complexity index is 830. The molecule has 2 aromatic heterocycles. The van der Waals surface area contributed by atoms with E-state index in [1.165, 1.54) is 11.3 Å². The van der Waals surface area contributed by atoms with Crippen LogP contribution in [0.2, 0.25) is 0 Å². The molecule has 3 aromatic rings. The Morgan fingerprint density at radius 3 is 2.85 bits per heavy atom. The summed E-state index contributed by atoms with van der Waals surface area (Å²) in [5.41, 5.74) is 3.73. The monoisotopic (exact) mass is 348 g/mol. The number of benzene rings is 1. The van der Waals surface area contributed by atoms with Crippen molar-refractivity contribution >= 4 is 5.82 Å². The van der Waals surface area contributed by atoms with E-state index in [0.29, 0.717) is 12.5 Å². The second-order valence-electron chi connectivity index (χ2n) is 6.84. The highest BCUT2D eigenvalue weighted by Gasteiger charge is 2.20. The number of rotatable bonds is 6. The molecule has 1 aromatic carbocycles. The van der Waals surface area contributed by atoms with Crippen LogP contribution in [0.15, 0.2) is 55.0 Å². The van der Waals surface area contributed by atoms with Gasteiger partial charge in [-0.15, -0.1) is 0 Å². The summed E-state index contributed by atoms with van der Waals surface area (Å²) >= 11 is 0. The van der Waals surface area contributed by atoms with Crippen LogP contribution in [0.1, 0.15) is 29.8 Å². The summed E-state index contributed by atoms with van der Waals surface area (Å²) in [6.07, 6.45) is 5.08. The molecule has 3 heterocycles. The Hall–Kier alpha value is -2.73. The fraction of sp³-hybridized carbons (Fsp3) is 0.350. The molecule has 6 heteroatoms. The summed E-state index contributed by atoms with van der Waals surface area (Å²) in [7, 11) is 0. The van der Waals surface area contributed by atoms with E-state index in [9.17, 15) is 0 Å². The highest BCUT2D eigenvalue weighted by atomic mass is 15.3. The third kappa shape index (κ3) is 3.91. The zero-order chi connectivity index (χ0) is 17.8. The predicted octanol–water partition coefficient (Wildman–Crippen LogP) is 2.90. The number of aromatic nitrogens is 4. The average Bonchev–Trinajstić information content (AvgIpc) is 3.10. The molecule has 1 aliphatic heterocycles. The highest BCUT2D eigenvalue weighted by molar-refractivity contribution is 5.31. The van der Waals surface area contributed by atoms with Crippen molar-refractivity contribution in [3.63, 3.8) is 0 Å². The van der Waals surface area contributed by atoms with Crippen molar-refractivity contribution in [3.8, 4) is 0 Å². The Morgan fingerprint density at radius 1 is 1.15 bits per heavy atom. The topological polar surface area (TPSA) is 58.9 Å². The normalized spacial score (nSPS) is 15.4. The van der Waals surface area contributed by atoms with Crippen LogP contribution in [-0.2, 0) is 19.6 Å². The van der Waals surface area contributed by atoms with Crippen molar-refractivity contribution in [3.05, 3.63) is 71.9 Å². The molecule has 0 radical (unpaired) electrons. The standard InChI is InChI=1S/C20H24N6/c1-16(17-5-3-2-4-6-17)14-25-9-10-26-19(15-25)11-18(24-26)12-23-20-13-21-7-8-22-20/h2-8,11,13,16H,9-10,12,14-15H2,1H3,(H,22,23)/t16-/m0/s1. The molecule has 4 rings (SSSR count). The molecule has 1 atom stereocenters. The third-order valence-corrected chi connectivity index (χ3v) is 4.84. The van der Waals surface area contributed by atoms with Crippen molar-refractivity contribution in [2.24, 2.45) is 0 Å². The minimum atomic E-state index is 0.531. The van der Waals surface area contributed by atoms with E-state index in [2.05, 4.69) is 68.2 Å². The van der Waals surface area contributed by atoms with Crippen LogP contribution in [0.3, 0.4) is 0 Å². The van der Waals surface area contributed by atoms with E-state index >= 15 is 0 Å². The lowest BCUT2D eigenvalue weighted by Crippen LogP contribution is -2.36. The van der Waals surface area contributed by atoms with Crippen LogP contribution in [0.25, 0.3) is 0 Å². The number of hydrogen-bond donors (Lipinski definition) is 1. The van der Waals surface area contributed by atoms with Gasteiger partial charge in [-0.05, 0) is 17.5 Å². The van der Waals surface area contributed by atoms with Gasteiger partial charge in [0.15, 0.2) is 0 Å². The predicted molar refractivity (Wildman–Crippen MR) is 102 cm³/mol. The lowest BCUT2D eigenvalue weighted by molar-refractivity contribution is 0.204. The maximum atomic E-state index is 4.72. The van der Waals surface area contributed by atoms with Crippen LogP contribution in [0.4, 0.5) is 5.82 Å². The maximum absolute atomic E-state index is 4.72. The first kappa shape index (κ1) is 16.7. The summed E-state index contributed by atoms with van der Waals surface area (Å²) in [6.45, 7) is 6.99. The summed E-state index contributed by atoms with van der Waals surface area (Å²) < 4.78 is 2.14. The van der Waals surface area contributed by atoms with Crippen molar-refractivity contribution in [2.45, 2.75) is 32.5 Å². The minimum absolute atomic E-state index is 0.531. The summed E-state index contributed by atoms with van der Waals surface area (Å²) in [5.74, 6) is 1.31. The Labute approximate surface area is 153 Å². The van der Waals surface area contributed by atoms with Crippen LogP contribution in [0.5, 0.6) is 0 Å². The molecule has 0 unspecified atom stereocenters. The molecule has 6 nitrogen and oxygen atoms in total. The van der Waals surface area contributed by atoms with Gasteiger partial charge < -0.3 is 5.32 Å². The van der Waals surface area contributed by atoms with E-state index in [4.69, 9.17) is 5.10 Å². The van der Waals surface area contributed by atoms with Crippen LogP contribution >= 0.6 is 0 Å². The van der Waals surface area contributed by atoms with Gasteiger partial charge in [0.2, 0.25) is 0 Å². The van der Waals surface area contributed by atoms with Gasteiger partial charge >= 0.3 is 0 Å². The van der Waals surface area contributed by atoms with Gasteiger partial charge in [0.1, 0.15) is 5.82 Å². The SMILES string of the molecule is C[C@@H](CN1CCn2nc(CNc3cnccn3)cc2C1)c1ccccc1.